The minimum atomic E-state index is -0.995. The number of imidazole rings is 1. The Morgan fingerprint density at radius 3 is 2.83 bits per heavy atom. The summed E-state index contributed by atoms with van der Waals surface area (Å²) in [6, 6.07) is 8.03. The van der Waals surface area contributed by atoms with Crippen molar-refractivity contribution >= 4 is 22.9 Å². The molecule has 0 radical (unpaired) electrons. The summed E-state index contributed by atoms with van der Waals surface area (Å²) in [6.07, 6.45) is 1.43. The van der Waals surface area contributed by atoms with Gasteiger partial charge in [-0.15, -0.1) is 0 Å². The summed E-state index contributed by atoms with van der Waals surface area (Å²) in [5, 5.41) is 11.8. The Morgan fingerprint density at radius 2 is 2.17 bits per heavy atom. The molecule has 0 saturated carbocycles. The van der Waals surface area contributed by atoms with Crippen LogP contribution in [-0.2, 0) is 13.1 Å². The second-order valence-corrected chi connectivity index (χ2v) is 4.94. The topological polar surface area (TPSA) is 97.4 Å². The van der Waals surface area contributed by atoms with Crippen LogP contribution in [0.4, 0.5) is 0 Å². The lowest BCUT2D eigenvalue weighted by Gasteiger charge is -2.06. The molecule has 0 unspecified atom stereocenters. The van der Waals surface area contributed by atoms with Crippen LogP contribution in [0.1, 0.15) is 33.7 Å². The summed E-state index contributed by atoms with van der Waals surface area (Å²) in [5.74, 6) is -0.427. The van der Waals surface area contributed by atoms with Gasteiger partial charge in [-0.25, -0.2) is 9.78 Å². The Morgan fingerprint density at radius 1 is 1.35 bits per heavy atom. The summed E-state index contributed by atoms with van der Waals surface area (Å²) in [7, 11) is 0. The van der Waals surface area contributed by atoms with E-state index in [4.69, 9.17) is 9.52 Å². The number of amides is 1. The summed E-state index contributed by atoms with van der Waals surface area (Å²) < 4.78 is 6.97. The SMILES string of the molecule is CCn1c(CNC(=O)c2ccco2)nc2cc(C(=O)O)ccc21. The zero-order chi connectivity index (χ0) is 16.4. The molecule has 0 aliphatic carbocycles. The maximum atomic E-state index is 11.9. The molecular weight excluding hydrogens is 298 g/mol. The largest absolute Gasteiger partial charge is 0.478 e. The van der Waals surface area contributed by atoms with E-state index in [1.807, 2.05) is 11.5 Å². The van der Waals surface area contributed by atoms with E-state index in [1.54, 1.807) is 24.3 Å². The fraction of sp³-hybridized carbons (Fsp3) is 0.188. The number of carboxylic acid groups (broad SMARTS) is 1. The van der Waals surface area contributed by atoms with Crippen LogP contribution in [0.3, 0.4) is 0 Å². The number of hydrogen-bond donors (Lipinski definition) is 2. The second kappa shape index (κ2) is 5.96. The number of aromatic nitrogens is 2. The molecule has 7 nitrogen and oxygen atoms in total. The lowest BCUT2D eigenvalue weighted by Crippen LogP contribution is -2.24. The lowest BCUT2D eigenvalue weighted by atomic mass is 10.2. The standard InChI is InChI=1S/C16H15N3O4/c1-2-19-12-6-5-10(16(21)22)8-11(12)18-14(19)9-17-15(20)13-4-3-7-23-13/h3-8H,2,9H2,1H3,(H,17,20)(H,21,22). The molecule has 0 aliphatic heterocycles. The average Bonchev–Trinajstić information content (AvgIpc) is 3.18. The molecule has 2 N–H and O–H groups in total. The molecule has 1 amide bonds. The van der Waals surface area contributed by atoms with Gasteiger partial charge in [-0.3, -0.25) is 4.79 Å². The molecule has 0 atom stereocenters. The molecule has 118 valence electrons. The third kappa shape index (κ3) is 2.80. The Bertz CT molecular complexity index is 865. The van der Waals surface area contributed by atoms with Crippen LogP contribution >= 0.6 is 0 Å². The predicted molar refractivity (Wildman–Crippen MR) is 82.2 cm³/mol. The van der Waals surface area contributed by atoms with Gasteiger partial charge in [0.1, 0.15) is 5.82 Å². The van der Waals surface area contributed by atoms with E-state index >= 15 is 0 Å². The van der Waals surface area contributed by atoms with Gasteiger partial charge < -0.3 is 19.4 Å². The second-order valence-electron chi connectivity index (χ2n) is 4.94. The summed E-state index contributed by atoms with van der Waals surface area (Å²) in [6.45, 7) is 2.85. The van der Waals surface area contributed by atoms with Gasteiger partial charge in [0, 0.05) is 6.54 Å². The number of hydrogen-bond acceptors (Lipinski definition) is 4. The van der Waals surface area contributed by atoms with Crippen molar-refractivity contribution in [2.45, 2.75) is 20.0 Å². The molecule has 0 aliphatic rings. The molecule has 23 heavy (non-hydrogen) atoms. The van der Waals surface area contributed by atoms with Crippen LogP contribution in [0, 0.1) is 0 Å². The Hall–Kier alpha value is -3.09. The zero-order valence-corrected chi connectivity index (χ0v) is 12.4. The minimum absolute atomic E-state index is 0.185. The summed E-state index contributed by atoms with van der Waals surface area (Å²) >= 11 is 0. The first kappa shape index (κ1) is 14.8. The van der Waals surface area contributed by atoms with Crippen LogP contribution in [0.15, 0.2) is 41.0 Å². The van der Waals surface area contributed by atoms with Crippen LogP contribution in [0.2, 0.25) is 0 Å². The number of furan rings is 1. The first-order valence-corrected chi connectivity index (χ1v) is 7.14. The van der Waals surface area contributed by atoms with Crippen LogP contribution in [0.5, 0.6) is 0 Å². The number of rotatable bonds is 5. The van der Waals surface area contributed by atoms with E-state index in [9.17, 15) is 9.59 Å². The van der Waals surface area contributed by atoms with E-state index in [2.05, 4.69) is 10.3 Å². The van der Waals surface area contributed by atoms with Gasteiger partial charge in [-0.1, -0.05) is 0 Å². The van der Waals surface area contributed by atoms with Crippen LogP contribution < -0.4 is 5.32 Å². The van der Waals surface area contributed by atoms with Crippen molar-refractivity contribution in [3.8, 4) is 0 Å². The first-order chi connectivity index (χ1) is 11.1. The average molecular weight is 313 g/mol. The molecular formula is C16H15N3O4. The molecule has 2 aromatic heterocycles. The van der Waals surface area contributed by atoms with Crippen molar-refractivity contribution < 1.29 is 19.1 Å². The maximum Gasteiger partial charge on any atom is 0.335 e. The smallest absolute Gasteiger partial charge is 0.335 e. The monoisotopic (exact) mass is 313 g/mol. The van der Waals surface area contributed by atoms with Crippen molar-refractivity contribution in [2.24, 2.45) is 0 Å². The number of aryl methyl sites for hydroxylation is 1. The Balaban J connectivity index is 1.87. The fourth-order valence-corrected chi connectivity index (χ4v) is 2.45. The highest BCUT2D eigenvalue weighted by Gasteiger charge is 2.14. The molecule has 2 heterocycles. The number of carbonyl (C=O) groups is 2. The number of carbonyl (C=O) groups excluding carboxylic acids is 1. The van der Waals surface area contributed by atoms with E-state index < -0.39 is 5.97 Å². The molecule has 7 heteroatoms. The third-order valence-corrected chi connectivity index (χ3v) is 3.54. The number of aromatic carboxylic acids is 1. The molecule has 3 rings (SSSR count). The number of nitrogens with one attached hydrogen (secondary N) is 1. The van der Waals surface area contributed by atoms with Crippen molar-refractivity contribution in [1.29, 1.82) is 0 Å². The molecule has 0 saturated heterocycles. The lowest BCUT2D eigenvalue weighted by molar-refractivity contribution is 0.0696. The summed E-state index contributed by atoms with van der Waals surface area (Å²) in [5.41, 5.74) is 1.61. The van der Waals surface area contributed by atoms with Crippen molar-refractivity contribution in [3.63, 3.8) is 0 Å². The van der Waals surface area contributed by atoms with E-state index in [0.717, 1.165) is 5.52 Å². The highest BCUT2D eigenvalue weighted by atomic mass is 16.4. The van der Waals surface area contributed by atoms with Gasteiger partial charge in [0.05, 0.1) is 29.4 Å². The number of fused-ring (bicyclic) bond motifs is 1. The van der Waals surface area contributed by atoms with E-state index in [1.165, 1.54) is 12.3 Å². The van der Waals surface area contributed by atoms with Gasteiger partial charge >= 0.3 is 5.97 Å². The highest BCUT2D eigenvalue weighted by Crippen LogP contribution is 2.18. The Labute approximate surface area is 131 Å². The third-order valence-electron chi connectivity index (χ3n) is 3.54. The van der Waals surface area contributed by atoms with E-state index in [-0.39, 0.29) is 23.8 Å². The molecule has 0 fully saturated rings. The minimum Gasteiger partial charge on any atom is -0.478 e. The fourth-order valence-electron chi connectivity index (χ4n) is 2.45. The predicted octanol–water partition coefficient (Wildman–Crippen LogP) is 2.28. The van der Waals surface area contributed by atoms with Gasteiger partial charge in [0.25, 0.3) is 5.91 Å². The van der Waals surface area contributed by atoms with Gasteiger partial charge in [0.15, 0.2) is 5.76 Å². The molecule has 0 spiro atoms. The maximum absolute atomic E-state index is 11.9. The van der Waals surface area contributed by atoms with Crippen molar-refractivity contribution in [3.05, 3.63) is 53.7 Å². The quantitative estimate of drug-likeness (QED) is 0.753. The first-order valence-electron chi connectivity index (χ1n) is 7.14. The van der Waals surface area contributed by atoms with Crippen LogP contribution in [0.25, 0.3) is 11.0 Å². The Kier molecular flexibility index (Phi) is 3.84. The number of nitrogens with zero attached hydrogens (tertiary/aromatic N) is 2. The van der Waals surface area contributed by atoms with Crippen LogP contribution in [-0.4, -0.2) is 26.5 Å². The number of carboxylic acids is 1. The molecule has 1 aromatic carbocycles. The molecule has 3 aromatic rings. The van der Waals surface area contributed by atoms with Gasteiger partial charge in [0.2, 0.25) is 0 Å². The normalized spacial score (nSPS) is 10.8. The van der Waals surface area contributed by atoms with E-state index in [0.29, 0.717) is 17.9 Å². The highest BCUT2D eigenvalue weighted by molar-refractivity contribution is 5.93. The zero-order valence-electron chi connectivity index (χ0n) is 12.4. The summed E-state index contributed by atoms with van der Waals surface area (Å²) in [4.78, 5) is 27.4. The van der Waals surface area contributed by atoms with Gasteiger partial charge in [-0.05, 0) is 37.3 Å². The number of benzene rings is 1. The molecule has 0 bridgehead atoms. The van der Waals surface area contributed by atoms with Gasteiger partial charge in [-0.2, -0.15) is 0 Å². The van der Waals surface area contributed by atoms with Crippen molar-refractivity contribution in [1.82, 2.24) is 14.9 Å². The van der Waals surface area contributed by atoms with Crippen molar-refractivity contribution in [2.75, 3.05) is 0 Å².